The molecule has 21 heavy (non-hydrogen) atoms. The second kappa shape index (κ2) is 5.16. The number of aromatic nitrogens is 2. The van der Waals surface area contributed by atoms with Gasteiger partial charge in [-0.2, -0.15) is 5.10 Å². The Balaban J connectivity index is 2.17. The lowest BCUT2D eigenvalue weighted by atomic mass is 9.79. The molecule has 0 bridgehead atoms. The maximum absolute atomic E-state index is 9.27. The molecule has 0 aliphatic heterocycles. The molecular formula is C15H14BN3O2. The Kier molecular flexibility index (Phi) is 3.33. The highest BCUT2D eigenvalue weighted by molar-refractivity contribution is 6.58. The third-order valence-corrected chi connectivity index (χ3v) is 3.51. The van der Waals surface area contributed by atoms with Crippen molar-refractivity contribution in [2.75, 3.05) is 5.73 Å². The Morgan fingerprint density at radius 2 is 1.71 bits per heavy atom. The molecule has 0 aliphatic rings. The van der Waals surface area contributed by atoms with Crippen LogP contribution in [0.4, 0.5) is 5.82 Å². The highest BCUT2D eigenvalue weighted by atomic mass is 16.4. The molecule has 3 rings (SSSR count). The number of anilines is 1. The summed E-state index contributed by atoms with van der Waals surface area (Å²) in [6.07, 6.45) is 0. The van der Waals surface area contributed by atoms with Crippen LogP contribution in [0, 0.1) is 6.92 Å². The largest absolute Gasteiger partial charge is 0.488 e. The van der Waals surface area contributed by atoms with Gasteiger partial charge < -0.3 is 15.8 Å². The predicted molar refractivity (Wildman–Crippen MR) is 83.9 cm³/mol. The van der Waals surface area contributed by atoms with Gasteiger partial charge >= 0.3 is 7.12 Å². The van der Waals surface area contributed by atoms with Gasteiger partial charge in [-0.1, -0.05) is 30.3 Å². The number of fused-ring (bicyclic) bond motifs is 1. The lowest BCUT2D eigenvalue weighted by Gasteiger charge is -2.08. The molecule has 0 atom stereocenters. The molecule has 3 aromatic rings. The van der Waals surface area contributed by atoms with Gasteiger partial charge in [0.15, 0.2) is 5.82 Å². The molecule has 1 heterocycles. The number of nitrogens with zero attached hydrogens (tertiary/aromatic N) is 2. The summed E-state index contributed by atoms with van der Waals surface area (Å²) in [7, 11) is -1.48. The first-order valence-electron chi connectivity index (χ1n) is 6.55. The van der Waals surface area contributed by atoms with Crippen LogP contribution in [0.2, 0.25) is 0 Å². The molecule has 0 radical (unpaired) electrons. The van der Waals surface area contributed by atoms with E-state index in [2.05, 4.69) is 10.2 Å². The van der Waals surface area contributed by atoms with Crippen molar-refractivity contribution >= 4 is 29.2 Å². The summed E-state index contributed by atoms with van der Waals surface area (Å²) in [5.74, 6) is 0.404. The summed E-state index contributed by atoms with van der Waals surface area (Å²) in [4.78, 5) is 0. The third-order valence-electron chi connectivity index (χ3n) is 3.51. The fourth-order valence-corrected chi connectivity index (χ4v) is 2.36. The zero-order valence-corrected chi connectivity index (χ0v) is 11.5. The highest BCUT2D eigenvalue weighted by Crippen LogP contribution is 2.27. The van der Waals surface area contributed by atoms with Gasteiger partial charge in [-0.25, -0.2) is 0 Å². The van der Waals surface area contributed by atoms with E-state index in [1.807, 2.05) is 31.2 Å². The van der Waals surface area contributed by atoms with Crippen molar-refractivity contribution in [1.82, 2.24) is 10.2 Å². The number of nitrogens with two attached hydrogens (primary N) is 1. The van der Waals surface area contributed by atoms with E-state index in [1.54, 1.807) is 18.2 Å². The minimum Gasteiger partial charge on any atom is -0.423 e. The summed E-state index contributed by atoms with van der Waals surface area (Å²) in [6.45, 7) is 1.88. The number of rotatable bonds is 2. The number of benzene rings is 2. The van der Waals surface area contributed by atoms with Crippen LogP contribution in [-0.2, 0) is 0 Å². The van der Waals surface area contributed by atoms with E-state index in [0.717, 1.165) is 27.6 Å². The lowest BCUT2D eigenvalue weighted by molar-refractivity contribution is 0.426. The quantitative estimate of drug-likeness (QED) is 0.605. The summed E-state index contributed by atoms with van der Waals surface area (Å²) < 4.78 is 0. The first-order chi connectivity index (χ1) is 10.1. The zero-order chi connectivity index (χ0) is 15.0. The first-order valence-corrected chi connectivity index (χ1v) is 6.55. The molecule has 2 aromatic carbocycles. The van der Waals surface area contributed by atoms with Crippen molar-refractivity contribution in [2.24, 2.45) is 0 Å². The van der Waals surface area contributed by atoms with Crippen LogP contribution < -0.4 is 11.2 Å². The molecule has 4 N–H and O–H groups in total. The molecule has 5 nitrogen and oxygen atoms in total. The second-order valence-corrected chi connectivity index (χ2v) is 4.93. The van der Waals surface area contributed by atoms with Crippen LogP contribution in [0.1, 0.15) is 5.69 Å². The highest BCUT2D eigenvalue weighted by Gasteiger charge is 2.12. The van der Waals surface area contributed by atoms with E-state index in [-0.39, 0.29) is 0 Å². The smallest absolute Gasteiger partial charge is 0.423 e. The van der Waals surface area contributed by atoms with E-state index in [0.29, 0.717) is 11.3 Å². The number of nitrogen functional groups attached to an aromatic ring is 1. The number of aryl methyl sites for hydroxylation is 1. The monoisotopic (exact) mass is 279 g/mol. The molecule has 0 saturated heterocycles. The maximum atomic E-state index is 9.27. The van der Waals surface area contributed by atoms with Crippen molar-refractivity contribution in [1.29, 1.82) is 0 Å². The van der Waals surface area contributed by atoms with Crippen molar-refractivity contribution in [2.45, 2.75) is 6.92 Å². The molecule has 0 spiro atoms. The average Bonchev–Trinajstić information content (AvgIpc) is 2.51. The van der Waals surface area contributed by atoms with Gasteiger partial charge in [0.25, 0.3) is 0 Å². The standard InChI is InChI=1S/C15H14BN3O2/c1-9-14-8-11(5-6-13(14)15(17)19-18-9)10-3-2-4-12(7-10)16(20)21/h2-8,20-21H,1H3,(H2,17,19). The Hall–Kier alpha value is -2.44. The van der Waals surface area contributed by atoms with E-state index in [4.69, 9.17) is 5.73 Å². The van der Waals surface area contributed by atoms with Gasteiger partial charge in [-0.15, -0.1) is 5.10 Å². The van der Waals surface area contributed by atoms with Crippen LogP contribution in [0.5, 0.6) is 0 Å². The SMILES string of the molecule is Cc1nnc(N)c2ccc(-c3cccc(B(O)O)c3)cc12. The van der Waals surface area contributed by atoms with Crippen LogP contribution in [0.25, 0.3) is 21.9 Å². The molecule has 0 aliphatic carbocycles. The molecule has 0 unspecified atom stereocenters. The lowest BCUT2D eigenvalue weighted by Crippen LogP contribution is -2.29. The van der Waals surface area contributed by atoms with Gasteiger partial charge in [0.2, 0.25) is 0 Å². The molecule has 0 amide bonds. The Labute approximate surface area is 122 Å². The Morgan fingerprint density at radius 3 is 2.48 bits per heavy atom. The molecule has 0 saturated carbocycles. The van der Waals surface area contributed by atoms with E-state index in [9.17, 15) is 10.0 Å². The van der Waals surface area contributed by atoms with Gasteiger partial charge in [0.1, 0.15) is 0 Å². The zero-order valence-electron chi connectivity index (χ0n) is 11.5. The van der Waals surface area contributed by atoms with E-state index >= 15 is 0 Å². The minimum absolute atomic E-state index is 0.404. The molecule has 1 aromatic heterocycles. The number of hydrogen-bond acceptors (Lipinski definition) is 5. The van der Waals surface area contributed by atoms with Crippen molar-refractivity contribution in [3.05, 3.63) is 48.2 Å². The van der Waals surface area contributed by atoms with Crippen LogP contribution in [0.15, 0.2) is 42.5 Å². The first kappa shape index (κ1) is 13.5. The third kappa shape index (κ3) is 2.46. The molecule has 0 fully saturated rings. The van der Waals surface area contributed by atoms with Crippen molar-refractivity contribution < 1.29 is 10.0 Å². The van der Waals surface area contributed by atoms with Crippen LogP contribution >= 0.6 is 0 Å². The fraction of sp³-hybridized carbons (Fsp3) is 0.0667. The number of hydrogen-bond donors (Lipinski definition) is 3. The second-order valence-electron chi connectivity index (χ2n) is 4.93. The van der Waals surface area contributed by atoms with Crippen LogP contribution in [0.3, 0.4) is 0 Å². The topological polar surface area (TPSA) is 92.3 Å². The van der Waals surface area contributed by atoms with Crippen LogP contribution in [-0.4, -0.2) is 27.4 Å². The summed E-state index contributed by atoms with van der Waals surface area (Å²) in [5.41, 5.74) is 8.96. The Bertz CT molecular complexity index is 821. The summed E-state index contributed by atoms with van der Waals surface area (Å²) in [6, 6.07) is 13.0. The van der Waals surface area contributed by atoms with E-state index < -0.39 is 7.12 Å². The van der Waals surface area contributed by atoms with Gasteiger partial charge in [-0.05, 0) is 35.6 Å². The molecular weight excluding hydrogens is 265 g/mol. The van der Waals surface area contributed by atoms with E-state index in [1.165, 1.54) is 0 Å². The van der Waals surface area contributed by atoms with Gasteiger partial charge in [0.05, 0.1) is 5.69 Å². The summed E-state index contributed by atoms with van der Waals surface area (Å²) >= 11 is 0. The maximum Gasteiger partial charge on any atom is 0.488 e. The van der Waals surface area contributed by atoms with Gasteiger partial charge in [-0.3, -0.25) is 0 Å². The fourth-order valence-electron chi connectivity index (χ4n) is 2.36. The predicted octanol–water partition coefficient (Wildman–Crippen LogP) is 0.867. The average molecular weight is 279 g/mol. The molecule has 6 heteroatoms. The van der Waals surface area contributed by atoms with Crippen molar-refractivity contribution in [3.8, 4) is 11.1 Å². The minimum atomic E-state index is -1.48. The summed E-state index contributed by atoms with van der Waals surface area (Å²) in [5, 5.41) is 28.3. The van der Waals surface area contributed by atoms with Gasteiger partial charge in [0, 0.05) is 10.8 Å². The van der Waals surface area contributed by atoms with Crippen molar-refractivity contribution in [3.63, 3.8) is 0 Å². The normalized spacial score (nSPS) is 10.8. The molecule has 104 valence electrons. The Morgan fingerprint density at radius 1 is 0.952 bits per heavy atom.